The zero-order valence-electron chi connectivity index (χ0n) is 12.8. The van der Waals surface area contributed by atoms with E-state index >= 15 is 0 Å². The van der Waals surface area contributed by atoms with Crippen LogP contribution in [-0.2, 0) is 4.79 Å². The summed E-state index contributed by atoms with van der Waals surface area (Å²) in [5, 5.41) is 9.17. The van der Waals surface area contributed by atoms with E-state index < -0.39 is 0 Å². The first-order chi connectivity index (χ1) is 11.8. The summed E-state index contributed by atoms with van der Waals surface area (Å²) in [5.41, 5.74) is 1.64. The Morgan fingerprint density at radius 2 is 1.92 bits per heavy atom. The van der Waals surface area contributed by atoms with Crippen molar-refractivity contribution < 1.29 is 9.53 Å². The topological polar surface area (TPSA) is 55.6 Å². The van der Waals surface area contributed by atoms with Crippen LogP contribution in [0.25, 0.3) is 16.3 Å². The fraction of sp³-hybridized carbons (Fsp3) is 0.0526. The Kier molecular flexibility index (Phi) is 3.59. The predicted octanol–water partition coefficient (Wildman–Crippen LogP) is 3.51. The number of nitrogens with one attached hydrogen (secondary N) is 1. The molecule has 0 aliphatic carbocycles. The number of aromatic nitrogens is 2. The normalized spacial score (nSPS) is 10.8. The van der Waals surface area contributed by atoms with Gasteiger partial charge in [-0.25, -0.2) is 4.52 Å². The minimum atomic E-state index is -0.202. The number of pyridine rings is 1. The van der Waals surface area contributed by atoms with E-state index in [0.29, 0.717) is 5.75 Å². The zero-order chi connectivity index (χ0) is 16.4. The predicted molar refractivity (Wildman–Crippen MR) is 93.3 cm³/mol. The summed E-state index contributed by atoms with van der Waals surface area (Å²) in [6.45, 7) is -0.0389. The Morgan fingerprint density at radius 3 is 2.83 bits per heavy atom. The molecule has 0 fully saturated rings. The lowest BCUT2D eigenvalue weighted by Crippen LogP contribution is -2.20. The van der Waals surface area contributed by atoms with Crippen molar-refractivity contribution in [2.75, 3.05) is 11.9 Å². The van der Waals surface area contributed by atoms with Crippen LogP contribution in [-0.4, -0.2) is 22.1 Å². The largest absolute Gasteiger partial charge is 0.484 e. The maximum absolute atomic E-state index is 12.1. The highest BCUT2D eigenvalue weighted by Gasteiger charge is 2.05. The molecule has 2 heterocycles. The molecule has 0 radical (unpaired) electrons. The van der Waals surface area contributed by atoms with Crippen LogP contribution in [0.4, 0.5) is 5.69 Å². The first-order valence-electron chi connectivity index (χ1n) is 7.63. The number of anilines is 1. The van der Waals surface area contributed by atoms with Crippen molar-refractivity contribution in [2.45, 2.75) is 0 Å². The average molecular weight is 317 g/mol. The molecule has 1 N–H and O–H groups in total. The summed E-state index contributed by atoms with van der Waals surface area (Å²) in [4.78, 5) is 12.1. The second-order valence-corrected chi connectivity index (χ2v) is 5.46. The van der Waals surface area contributed by atoms with Gasteiger partial charge in [0.05, 0.1) is 5.52 Å². The van der Waals surface area contributed by atoms with E-state index in [-0.39, 0.29) is 12.5 Å². The van der Waals surface area contributed by atoms with Gasteiger partial charge in [-0.3, -0.25) is 4.79 Å². The number of fused-ring (bicyclic) bond motifs is 2. The second kappa shape index (κ2) is 6.04. The van der Waals surface area contributed by atoms with Crippen molar-refractivity contribution in [1.82, 2.24) is 9.61 Å². The molecule has 0 aliphatic heterocycles. The molecule has 1 amide bonds. The fourth-order valence-corrected chi connectivity index (χ4v) is 2.60. The molecular formula is C19H15N3O2. The Hall–Kier alpha value is -3.34. The number of ether oxygens (including phenoxy) is 1. The highest BCUT2D eigenvalue weighted by Crippen LogP contribution is 2.20. The van der Waals surface area contributed by atoms with E-state index in [0.717, 1.165) is 22.0 Å². The summed E-state index contributed by atoms with van der Waals surface area (Å²) in [6.07, 6.45) is 3.51. The van der Waals surface area contributed by atoms with Gasteiger partial charge in [-0.15, -0.1) is 0 Å². The third-order valence-corrected chi connectivity index (χ3v) is 3.77. The first kappa shape index (κ1) is 14.3. The minimum absolute atomic E-state index is 0.0389. The second-order valence-electron chi connectivity index (χ2n) is 5.46. The molecule has 5 heteroatoms. The maximum Gasteiger partial charge on any atom is 0.262 e. The number of carbonyl (C=O) groups excluding carboxylic acids is 1. The van der Waals surface area contributed by atoms with Crippen molar-refractivity contribution >= 4 is 27.9 Å². The van der Waals surface area contributed by atoms with Gasteiger partial charge in [-0.2, -0.15) is 5.10 Å². The molecule has 24 heavy (non-hydrogen) atoms. The highest BCUT2D eigenvalue weighted by atomic mass is 16.5. The molecule has 2 aromatic heterocycles. The maximum atomic E-state index is 12.1. The van der Waals surface area contributed by atoms with Crippen LogP contribution in [0.1, 0.15) is 0 Å². The smallest absolute Gasteiger partial charge is 0.262 e. The number of amides is 1. The quantitative estimate of drug-likeness (QED) is 0.627. The molecule has 118 valence electrons. The summed E-state index contributed by atoms with van der Waals surface area (Å²) in [6, 6.07) is 19.3. The van der Waals surface area contributed by atoms with Crippen LogP contribution in [0.5, 0.6) is 5.75 Å². The van der Waals surface area contributed by atoms with E-state index in [2.05, 4.69) is 10.4 Å². The fourth-order valence-electron chi connectivity index (χ4n) is 2.60. The molecule has 0 saturated carbocycles. The molecule has 0 unspecified atom stereocenters. The van der Waals surface area contributed by atoms with Gasteiger partial charge < -0.3 is 10.1 Å². The zero-order valence-corrected chi connectivity index (χ0v) is 12.8. The molecule has 0 atom stereocenters. The van der Waals surface area contributed by atoms with Crippen LogP contribution in [0.2, 0.25) is 0 Å². The lowest BCUT2D eigenvalue weighted by Gasteiger charge is -2.08. The van der Waals surface area contributed by atoms with Gasteiger partial charge >= 0.3 is 0 Å². The van der Waals surface area contributed by atoms with Gasteiger partial charge in [0.25, 0.3) is 5.91 Å². The number of hydrogen-bond acceptors (Lipinski definition) is 3. The van der Waals surface area contributed by atoms with E-state index in [1.165, 1.54) is 0 Å². The number of hydrogen-bond donors (Lipinski definition) is 1. The van der Waals surface area contributed by atoms with Crippen molar-refractivity contribution in [3.8, 4) is 5.75 Å². The standard InChI is InChI=1S/C19H15N3O2/c23-19(21-16-8-10-22-17(12-16)7-9-20-22)13-24-18-6-5-14-3-1-2-4-15(14)11-18/h1-12H,13H2,(H,21,23). The Labute approximate surface area is 138 Å². The molecule has 2 aromatic carbocycles. The Morgan fingerprint density at radius 1 is 1.04 bits per heavy atom. The van der Waals surface area contributed by atoms with Crippen LogP contribution in [0.15, 0.2) is 73.1 Å². The summed E-state index contributed by atoms with van der Waals surface area (Å²) < 4.78 is 7.33. The van der Waals surface area contributed by atoms with Crippen molar-refractivity contribution in [3.05, 3.63) is 73.1 Å². The van der Waals surface area contributed by atoms with Crippen molar-refractivity contribution in [1.29, 1.82) is 0 Å². The third-order valence-electron chi connectivity index (χ3n) is 3.77. The number of rotatable bonds is 4. The van der Waals surface area contributed by atoms with Gasteiger partial charge in [0.15, 0.2) is 6.61 Å². The van der Waals surface area contributed by atoms with Gasteiger partial charge in [-0.05, 0) is 41.1 Å². The SMILES string of the molecule is O=C(COc1ccc2ccccc2c1)Nc1ccn2nccc2c1. The Balaban J connectivity index is 1.41. The van der Waals surface area contributed by atoms with Crippen LogP contribution in [0.3, 0.4) is 0 Å². The summed E-state index contributed by atoms with van der Waals surface area (Å²) in [5.74, 6) is 0.474. The molecule has 0 saturated heterocycles. The monoisotopic (exact) mass is 317 g/mol. The van der Waals surface area contributed by atoms with Crippen LogP contribution in [0, 0.1) is 0 Å². The lowest BCUT2D eigenvalue weighted by atomic mass is 10.1. The molecule has 0 aliphatic rings. The van der Waals surface area contributed by atoms with Crippen molar-refractivity contribution in [2.24, 2.45) is 0 Å². The van der Waals surface area contributed by atoms with E-state index in [1.54, 1.807) is 23.0 Å². The van der Waals surface area contributed by atoms with Crippen LogP contribution >= 0.6 is 0 Å². The number of carbonyl (C=O) groups is 1. The first-order valence-corrected chi connectivity index (χ1v) is 7.63. The van der Waals surface area contributed by atoms with Gasteiger partial charge in [-0.1, -0.05) is 30.3 Å². The lowest BCUT2D eigenvalue weighted by molar-refractivity contribution is -0.118. The molecule has 0 spiro atoms. The molecular weight excluding hydrogens is 302 g/mol. The molecule has 4 aromatic rings. The van der Waals surface area contributed by atoms with Gasteiger partial charge in [0, 0.05) is 18.1 Å². The van der Waals surface area contributed by atoms with Gasteiger partial charge in [0.1, 0.15) is 5.75 Å². The summed E-state index contributed by atoms with van der Waals surface area (Å²) in [7, 11) is 0. The number of benzene rings is 2. The van der Waals surface area contributed by atoms with Crippen molar-refractivity contribution in [3.63, 3.8) is 0 Å². The van der Waals surface area contributed by atoms with E-state index in [4.69, 9.17) is 4.74 Å². The molecule has 4 rings (SSSR count). The van der Waals surface area contributed by atoms with E-state index in [9.17, 15) is 4.79 Å². The minimum Gasteiger partial charge on any atom is -0.484 e. The van der Waals surface area contributed by atoms with E-state index in [1.807, 2.05) is 54.6 Å². The third kappa shape index (κ3) is 2.92. The van der Waals surface area contributed by atoms with Gasteiger partial charge in [0.2, 0.25) is 0 Å². The highest BCUT2D eigenvalue weighted by molar-refractivity contribution is 5.92. The number of nitrogens with zero attached hydrogens (tertiary/aromatic N) is 2. The van der Waals surface area contributed by atoms with Crippen LogP contribution < -0.4 is 10.1 Å². The summed E-state index contributed by atoms with van der Waals surface area (Å²) >= 11 is 0. The molecule has 0 bridgehead atoms. The molecule has 5 nitrogen and oxygen atoms in total. The Bertz CT molecular complexity index is 1020. The average Bonchev–Trinajstić information content (AvgIpc) is 3.07.